The first-order valence-corrected chi connectivity index (χ1v) is 10.7. The molecule has 2 heterocycles. The van der Waals surface area contributed by atoms with E-state index in [2.05, 4.69) is 17.1 Å². The number of anilines is 1. The van der Waals surface area contributed by atoms with Gasteiger partial charge in [-0.3, -0.25) is 19.6 Å². The van der Waals surface area contributed by atoms with Crippen molar-refractivity contribution in [2.75, 3.05) is 12.1 Å². The third kappa shape index (κ3) is 2.26. The van der Waals surface area contributed by atoms with Gasteiger partial charge in [0.15, 0.2) is 0 Å². The molecule has 1 atom stereocenters. The van der Waals surface area contributed by atoms with E-state index >= 15 is 0 Å². The van der Waals surface area contributed by atoms with Crippen LogP contribution in [0, 0.1) is 0 Å². The molecule has 0 fully saturated rings. The number of aryl methyl sites for hydroxylation is 2. The summed E-state index contributed by atoms with van der Waals surface area (Å²) in [5, 5.41) is 6.11. The Bertz CT molecular complexity index is 1270. The molecule has 3 aliphatic rings. The van der Waals surface area contributed by atoms with E-state index in [1.807, 2.05) is 68.4 Å². The molecule has 0 bridgehead atoms. The first-order valence-electron chi connectivity index (χ1n) is 10.7. The Morgan fingerprint density at radius 3 is 1.97 bits per heavy atom. The van der Waals surface area contributed by atoms with Crippen LogP contribution in [0.2, 0.25) is 0 Å². The number of hydrazine groups is 1. The van der Waals surface area contributed by atoms with Crippen LogP contribution in [0.25, 0.3) is 10.8 Å². The van der Waals surface area contributed by atoms with Gasteiger partial charge in [0.25, 0.3) is 11.8 Å². The quantitative estimate of drug-likeness (QED) is 0.584. The van der Waals surface area contributed by atoms with Crippen LogP contribution in [-0.2, 0) is 12.8 Å². The topological polar surface area (TPSA) is 43.9 Å². The molecule has 1 unspecified atom stereocenters. The minimum Gasteiger partial charge on any atom is -0.290 e. The number of para-hydroxylation sites is 1. The van der Waals surface area contributed by atoms with Crippen molar-refractivity contribution in [2.45, 2.75) is 32.7 Å². The Labute approximate surface area is 181 Å². The number of hydrogen-bond acceptors (Lipinski definition) is 4. The molecule has 5 nitrogen and oxygen atoms in total. The van der Waals surface area contributed by atoms with Crippen molar-refractivity contribution in [3.8, 4) is 0 Å². The van der Waals surface area contributed by atoms with Gasteiger partial charge in [0.05, 0.1) is 23.1 Å². The second kappa shape index (κ2) is 6.20. The third-order valence-corrected chi connectivity index (χ3v) is 7.07. The van der Waals surface area contributed by atoms with E-state index in [9.17, 15) is 9.59 Å². The maximum absolute atomic E-state index is 13.7. The van der Waals surface area contributed by atoms with E-state index in [-0.39, 0.29) is 17.9 Å². The number of rotatable bonds is 2. The van der Waals surface area contributed by atoms with Gasteiger partial charge in [0.2, 0.25) is 0 Å². The summed E-state index contributed by atoms with van der Waals surface area (Å²) in [4.78, 5) is 28.8. The normalized spacial score (nSPS) is 20.0. The summed E-state index contributed by atoms with van der Waals surface area (Å²) >= 11 is 0. The van der Waals surface area contributed by atoms with E-state index in [1.54, 1.807) is 0 Å². The average molecular weight is 409 g/mol. The van der Waals surface area contributed by atoms with Crippen molar-refractivity contribution >= 4 is 28.3 Å². The number of imide groups is 1. The zero-order valence-corrected chi connectivity index (χ0v) is 17.8. The summed E-state index contributed by atoms with van der Waals surface area (Å²) in [5.74, 6) is -0.449. The van der Waals surface area contributed by atoms with Crippen molar-refractivity contribution < 1.29 is 9.59 Å². The first-order chi connectivity index (χ1) is 15.0. The van der Waals surface area contributed by atoms with Gasteiger partial charge in [-0.1, -0.05) is 30.3 Å². The molecule has 3 aromatic rings. The van der Waals surface area contributed by atoms with Crippen LogP contribution in [0.4, 0.5) is 5.69 Å². The van der Waals surface area contributed by atoms with E-state index < -0.39 is 0 Å². The summed E-state index contributed by atoms with van der Waals surface area (Å²) in [5.41, 5.74) is 6.40. The lowest BCUT2D eigenvalue weighted by Gasteiger charge is -2.34. The van der Waals surface area contributed by atoms with Crippen LogP contribution >= 0.6 is 0 Å². The zero-order chi connectivity index (χ0) is 21.4. The maximum Gasteiger partial charge on any atom is 0.265 e. The van der Waals surface area contributed by atoms with Gasteiger partial charge in [0, 0.05) is 23.6 Å². The molecule has 1 aliphatic carbocycles. The molecule has 5 heteroatoms. The molecule has 3 aromatic carbocycles. The Balaban J connectivity index is 1.50. The molecule has 6 rings (SSSR count). The smallest absolute Gasteiger partial charge is 0.265 e. The highest BCUT2D eigenvalue weighted by molar-refractivity contribution is 6.27. The monoisotopic (exact) mass is 409 g/mol. The van der Waals surface area contributed by atoms with Crippen molar-refractivity contribution in [1.82, 2.24) is 9.91 Å². The summed E-state index contributed by atoms with van der Waals surface area (Å²) in [6, 6.07) is 17.8. The van der Waals surface area contributed by atoms with Crippen molar-refractivity contribution in [3.05, 3.63) is 88.2 Å². The van der Waals surface area contributed by atoms with Gasteiger partial charge < -0.3 is 0 Å². The van der Waals surface area contributed by atoms with Crippen molar-refractivity contribution in [3.63, 3.8) is 0 Å². The molecular weight excluding hydrogens is 386 g/mol. The van der Waals surface area contributed by atoms with Crippen LogP contribution in [0.3, 0.4) is 0 Å². The predicted molar refractivity (Wildman–Crippen MR) is 121 cm³/mol. The van der Waals surface area contributed by atoms with Gasteiger partial charge in [0.1, 0.15) is 0 Å². The molecule has 31 heavy (non-hydrogen) atoms. The van der Waals surface area contributed by atoms with Crippen molar-refractivity contribution in [2.24, 2.45) is 0 Å². The van der Waals surface area contributed by atoms with Crippen LogP contribution in [-0.4, -0.2) is 34.8 Å². The summed E-state index contributed by atoms with van der Waals surface area (Å²) < 4.78 is 0. The Kier molecular flexibility index (Phi) is 3.64. The summed E-state index contributed by atoms with van der Waals surface area (Å²) in [6.45, 7) is 4.02. The van der Waals surface area contributed by atoms with Gasteiger partial charge in [-0.15, -0.1) is 0 Å². The lowest BCUT2D eigenvalue weighted by Crippen LogP contribution is -2.45. The predicted octanol–water partition coefficient (Wildman–Crippen LogP) is 4.52. The standard InChI is InChI=1S/C26H23N3O2/c1-15-24(16(2)29(27(15)3)19-7-5-4-6-8-19)28-25(30)20-13-11-17-9-10-18-12-14-21(26(28)31)23(20)22(17)18/h4-8,11-14,16H,9-10H2,1-3H3. The Hall–Kier alpha value is -3.60. The van der Waals surface area contributed by atoms with E-state index in [0.29, 0.717) is 11.1 Å². The number of nitrogens with zero attached hydrogens (tertiary/aromatic N) is 3. The molecule has 2 amide bonds. The van der Waals surface area contributed by atoms with Crippen molar-refractivity contribution in [1.29, 1.82) is 0 Å². The van der Waals surface area contributed by atoms with Crippen LogP contribution in [0.5, 0.6) is 0 Å². The van der Waals surface area contributed by atoms with Gasteiger partial charge in [-0.05, 0) is 67.5 Å². The van der Waals surface area contributed by atoms with Crippen LogP contribution < -0.4 is 5.01 Å². The fourth-order valence-corrected chi connectivity index (χ4v) is 5.57. The third-order valence-electron chi connectivity index (χ3n) is 7.07. The number of carbonyl (C=O) groups excluding carboxylic acids is 2. The van der Waals surface area contributed by atoms with E-state index in [0.717, 1.165) is 40.7 Å². The molecule has 0 N–H and O–H groups in total. The largest absolute Gasteiger partial charge is 0.290 e. The van der Waals surface area contributed by atoms with E-state index in [1.165, 1.54) is 16.0 Å². The second-order valence-electron chi connectivity index (χ2n) is 8.59. The highest BCUT2D eigenvalue weighted by Crippen LogP contribution is 2.42. The molecule has 0 saturated carbocycles. The number of benzene rings is 3. The lowest BCUT2D eigenvalue weighted by atomic mass is 9.90. The van der Waals surface area contributed by atoms with Crippen LogP contribution in [0.15, 0.2) is 66.0 Å². The summed E-state index contributed by atoms with van der Waals surface area (Å²) in [7, 11) is 1.97. The minimum absolute atomic E-state index is 0.161. The zero-order valence-electron chi connectivity index (χ0n) is 17.8. The fourth-order valence-electron chi connectivity index (χ4n) is 5.57. The van der Waals surface area contributed by atoms with Crippen LogP contribution in [0.1, 0.15) is 45.7 Å². The fraction of sp³-hybridized carbons (Fsp3) is 0.231. The Morgan fingerprint density at radius 2 is 1.39 bits per heavy atom. The lowest BCUT2D eigenvalue weighted by molar-refractivity contribution is 0.0654. The highest BCUT2D eigenvalue weighted by atomic mass is 16.2. The highest BCUT2D eigenvalue weighted by Gasteiger charge is 2.44. The summed E-state index contributed by atoms with van der Waals surface area (Å²) in [6.07, 6.45) is 1.94. The van der Waals surface area contributed by atoms with Gasteiger partial charge in [-0.25, -0.2) is 4.90 Å². The molecule has 2 aliphatic heterocycles. The molecule has 0 spiro atoms. The number of carbonyl (C=O) groups is 2. The number of hydrogen-bond donors (Lipinski definition) is 0. The minimum atomic E-state index is -0.224. The Morgan fingerprint density at radius 1 is 0.806 bits per heavy atom. The molecule has 0 radical (unpaired) electrons. The second-order valence-corrected chi connectivity index (χ2v) is 8.59. The molecule has 0 saturated heterocycles. The first kappa shape index (κ1) is 18.2. The maximum atomic E-state index is 13.7. The molecule has 154 valence electrons. The number of allylic oxidation sites excluding steroid dienone is 1. The molecule has 0 aromatic heterocycles. The van der Waals surface area contributed by atoms with E-state index in [4.69, 9.17) is 0 Å². The molecular formula is C26H23N3O2. The van der Waals surface area contributed by atoms with Gasteiger partial charge >= 0.3 is 0 Å². The number of amides is 2. The average Bonchev–Trinajstić information content (AvgIpc) is 3.30. The SMILES string of the molecule is CC1=C(N2C(=O)c3ccc4c5c(ccc(c35)C2=O)CC4)C(C)N(c2ccccc2)N1C. The van der Waals surface area contributed by atoms with Gasteiger partial charge in [-0.2, -0.15) is 0 Å².